The lowest BCUT2D eigenvalue weighted by atomic mass is 10.1. The van der Waals surface area contributed by atoms with Gasteiger partial charge in [0, 0.05) is 20.2 Å². The van der Waals surface area contributed by atoms with Gasteiger partial charge in [0.1, 0.15) is 5.82 Å². The largest absolute Gasteiger partial charge is 0.396 e. The van der Waals surface area contributed by atoms with Crippen molar-refractivity contribution in [1.29, 1.82) is 0 Å². The molecule has 142 valence electrons. The van der Waals surface area contributed by atoms with Crippen LogP contribution in [0.1, 0.15) is 22.3 Å². The fraction of sp³-hybridized carbons (Fsp3) is 0.263. The monoisotopic (exact) mass is 405 g/mol. The maximum absolute atomic E-state index is 12.9. The number of carbonyl (C=O) groups is 1. The highest BCUT2D eigenvalue weighted by Crippen LogP contribution is 2.32. The molecule has 0 saturated heterocycles. The Kier molecular flexibility index (Phi) is 5.84. The van der Waals surface area contributed by atoms with Gasteiger partial charge < -0.3 is 15.7 Å². The minimum absolute atomic E-state index is 0.00789. The van der Waals surface area contributed by atoms with E-state index in [1.807, 2.05) is 25.1 Å². The van der Waals surface area contributed by atoms with Gasteiger partial charge in [0.15, 0.2) is 0 Å². The van der Waals surface area contributed by atoms with Gasteiger partial charge in [-0.2, -0.15) is 0 Å². The Morgan fingerprint density at radius 2 is 2.11 bits per heavy atom. The molecule has 27 heavy (non-hydrogen) atoms. The molecule has 0 atom stereocenters. The van der Waals surface area contributed by atoms with Crippen LogP contribution < -0.4 is 16.2 Å². The third kappa shape index (κ3) is 3.85. The molecule has 1 amide bonds. The minimum atomic E-state index is -0.308. The number of hydrogen-bond donors (Lipinski definition) is 3. The average molecular weight is 406 g/mol. The summed E-state index contributed by atoms with van der Waals surface area (Å²) in [4.78, 5) is 25.6. The smallest absolute Gasteiger partial charge is 0.260 e. The predicted octanol–water partition coefficient (Wildman–Crippen LogP) is 3.42. The quantitative estimate of drug-likeness (QED) is 0.549. The van der Waals surface area contributed by atoms with Crippen molar-refractivity contribution in [3.8, 4) is 0 Å². The van der Waals surface area contributed by atoms with Crippen molar-refractivity contribution in [2.75, 3.05) is 18.5 Å². The highest BCUT2D eigenvalue weighted by atomic mass is 35.5. The van der Waals surface area contributed by atoms with Crippen LogP contribution in [0.25, 0.3) is 10.1 Å². The number of benzene rings is 1. The van der Waals surface area contributed by atoms with E-state index in [0.717, 1.165) is 5.56 Å². The molecular formula is C19H20ClN3O3S. The first-order valence-corrected chi connectivity index (χ1v) is 9.72. The van der Waals surface area contributed by atoms with E-state index in [9.17, 15) is 9.59 Å². The van der Waals surface area contributed by atoms with Gasteiger partial charge >= 0.3 is 0 Å². The van der Waals surface area contributed by atoms with Gasteiger partial charge in [0.05, 0.1) is 26.4 Å². The van der Waals surface area contributed by atoms with Crippen LogP contribution in [0.3, 0.4) is 0 Å². The number of aromatic nitrogens is 1. The van der Waals surface area contributed by atoms with Crippen molar-refractivity contribution >= 4 is 50.4 Å². The molecular weight excluding hydrogens is 386 g/mol. The summed E-state index contributed by atoms with van der Waals surface area (Å²) in [6.45, 7) is 2.27. The Hall–Kier alpha value is -2.35. The summed E-state index contributed by atoms with van der Waals surface area (Å²) in [6, 6.07) is 7.24. The van der Waals surface area contributed by atoms with Crippen LogP contribution in [-0.2, 0) is 7.05 Å². The first kappa shape index (κ1) is 19.4. The third-order valence-electron chi connectivity index (χ3n) is 4.22. The molecule has 2 aromatic heterocycles. The van der Waals surface area contributed by atoms with Gasteiger partial charge in [-0.1, -0.05) is 17.7 Å². The number of aliphatic hydroxyl groups excluding tert-OH is 1. The first-order chi connectivity index (χ1) is 12.9. The van der Waals surface area contributed by atoms with Crippen molar-refractivity contribution in [2.24, 2.45) is 7.05 Å². The summed E-state index contributed by atoms with van der Waals surface area (Å²) in [5.41, 5.74) is 1.81. The van der Waals surface area contributed by atoms with Crippen LogP contribution in [0.5, 0.6) is 0 Å². The molecule has 0 radical (unpaired) electrons. The molecule has 2 heterocycles. The van der Waals surface area contributed by atoms with Gasteiger partial charge in [0.25, 0.3) is 11.5 Å². The molecule has 0 aliphatic rings. The summed E-state index contributed by atoms with van der Waals surface area (Å²) in [5, 5.41) is 17.7. The SMILES string of the molecule is Cc1ccc(Nc2c(C(=O)NCCCO)c3sccc3c(=O)n2C)c(Cl)c1. The molecule has 3 N–H and O–H groups in total. The standard InChI is InChI=1S/C19H20ClN3O3S/c1-11-4-5-14(13(20)10-11)22-17-15(18(25)21-7-3-8-24)16-12(6-9-27-16)19(26)23(17)2/h4-6,9-10,22,24H,3,7-8H2,1-2H3,(H,21,25). The Morgan fingerprint density at radius 1 is 1.33 bits per heavy atom. The number of rotatable bonds is 6. The number of aryl methyl sites for hydroxylation is 1. The van der Waals surface area contributed by atoms with Crippen LogP contribution in [-0.4, -0.2) is 28.7 Å². The summed E-state index contributed by atoms with van der Waals surface area (Å²) in [5.74, 6) is 0.0689. The van der Waals surface area contributed by atoms with E-state index < -0.39 is 0 Å². The fourth-order valence-corrected chi connectivity index (χ4v) is 4.02. The van der Waals surface area contributed by atoms with Crippen LogP contribution in [0.4, 0.5) is 11.5 Å². The van der Waals surface area contributed by atoms with E-state index >= 15 is 0 Å². The lowest BCUT2D eigenvalue weighted by molar-refractivity contribution is 0.0953. The molecule has 1 aromatic carbocycles. The lowest BCUT2D eigenvalue weighted by Crippen LogP contribution is -2.29. The van der Waals surface area contributed by atoms with Gasteiger partial charge in [-0.25, -0.2) is 0 Å². The maximum Gasteiger partial charge on any atom is 0.260 e. The number of carbonyl (C=O) groups excluding carboxylic acids is 1. The molecule has 6 nitrogen and oxygen atoms in total. The second-order valence-corrected chi connectivity index (χ2v) is 7.52. The van der Waals surface area contributed by atoms with Crippen molar-refractivity contribution in [3.63, 3.8) is 0 Å². The van der Waals surface area contributed by atoms with E-state index in [2.05, 4.69) is 10.6 Å². The number of pyridine rings is 1. The Morgan fingerprint density at radius 3 is 2.81 bits per heavy atom. The molecule has 0 unspecified atom stereocenters. The Bertz CT molecular complexity index is 1060. The number of aliphatic hydroxyl groups is 1. The highest BCUT2D eigenvalue weighted by Gasteiger charge is 2.22. The number of anilines is 2. The third-order valence-corrected chi connectivity index (χ3v) is 5.47. The number of thiophene rings is 1. The summed E-state index contributed by atoms with van der Waals surface area (Å²) < 4.78 is 2.04. The van der Waals surface area contributed by atoms with Gasteiger partial charge in [-0.15, -0.1) is 11.3 Å². The van der Waals surface area contributed by atoms with E-state index in [1.165, 1.54) is 15.9 Å². The fourth-order valence-electron chi connectivity index (χ4n) is 2.80. The van der Waals surface area contributed by atoms with Crippen LogP contribution in [0.2, 0.25) is 5.02 Å². The zero-order valence-electron chi connectivity index (χ0n) is 15.0. The number of nitrogens with zero attached hydrogens (tertiary/aromatic N) is 1. The van der Waals surface area contributed by atoms with Crippen LogP contribution in [0.15, 0.2) is 34.4 Å². The number of fused-ring (bicyclic) bond motifs is 1. The molecule has 0 bridgehead atoms. The molecule has 3 aromatic rings. The second kappa shape index (κ2) is 8.12. The normalized spacial score (nSPS) is 11.0. The lowest BCUT2D eigenvalue weighted by Gasteiger charge is -2.18. The molecule has 0 aliphatic carbocycles. The van der Waals surface area contributed by atoms with E-state index in [4.69, 9.17) is 16.7 Å². The zero-order valence-corrected chi connectivity index (χ0v) is 16.6. The number of nitrogens with one attached hydrogen (secondary N) is 2. The number of amides is 1. The molecule has 3 rings (SSSR count). The van der Waals surface area contributed by atoms with E-state index in [0.29, 0.717) is 45.1 Å². The minimum Gasteiger partial charge on any atom is -0.396 e. The van der Waals surface area contributed by atoms with Crippen LogP contribution >= 0.6 is 22.9 Å². The summed E-state index contributed by atoms with van der Waals surface area (Å²) in [7, 11) is 1.62. The zero-order chi connectivity index (χ0) is 19.6. The van der Waals surface area contributed by atoms with Gasteiger partial charge in [-0.05, 0) is 42.5 Å². The van der Waals surface area contributed by atoms with Gasteiger partial charge in [0.2, 0.25) is 0 Å². The number of hydrogen-bond acceptors (Lipinski definition) is 5. The van der Waals surface area contributed by atoms with Gasteiger partial charge in [-0.3, -0.25) is 14.2 Å². The average Bonchev–Trinajstić information content (AvgIpc) is 3.11. The number of halogens is 1. The summed E-state index contributed by atoms with van der Waals surface area (Å²) in [6.07, 6.45) is 0.456. The Balaban J connectivity index is 2.14. The molecule has 0 spiro atoms. The van der Waals surface area contributed by atoms with Crippen LogP contribution in [0, 0.1) is 6.92 Å². The molecule has 0 fully saturated rings. The second-order valence-electron chi connectivity index (χ2n) is 6.19. The van der Waals surface area contributed by atoms with Crippen molar-refractivity contribution < 1.29 is 9.90 Å². The maximum atomic E-state index is 12.9. The van der Waals surface area contributed by atoms with Crippen molar-refractivity contribution in [2.45, 2.75) is 13.3 Å². The van der Waals surface area contributed by atoms with E-state index in [-0.39, 0.29) is 18.1 Å². The summed E-state index contributed by atoms with van der Waals surface area (Å²) >= 11 is 7.67. The highest BCUT2D eigenvalue weighted by molar-refractivity contribution is 7.17. The Labute approximate surface area is 165 Å². The van der Waals surface area contributed by atoms with Crippen molar-refractivity contribution in [1.82, 2.24) is 9.88 Å². The van der Waals surface area contributed by atoms with E-state index in [1.54, 1.807) is 18.5 Å². The first-order valence-electron chi connectivity index (χ1n) is 8.46. The molecule has 8 heteroatoms. The predicted molar refractivity (Wildman–Crippen MR) is 111 cm³/mol. The molecule has 0 saturated carbocycles. The van der Waals surface area contributed by atoms with Crippen molar-refractivity contribution in [3.05, 3.63) is 56.1 Å². The molecule has 0 aliphatic heterocycles. The topological polar surface area (TPSA) is 83.4 Å².